The molecule has 0 bridgehead atoms. The van der Waals surface area contributed by atoms with Crippen LogP contribution in [0.25, 0.3) is 0 Å². The van der Waals surface area contributed by atoms with Gasteiger partial charge < -0.3 is 9.84 Å². The number of aliphatic hydroxyl groups excluding tert-OH is 1. The van der Waals surface area contributed by atoms with Gasteiger partial charge in [0.1, 0.15) is 6.10 Å². The third kappa shape index (κ3) is 1.01. The van der Waals surface area contributed by atoms with Crippen LogP contribution in [0.15, 0.2) is 30.3 Å². The lowest BCUT2D eigenvalue weighted by Gasteiger charge is -2.03. The molecule has 2 aliphatic heterocycles. The van der Waals surface area contributed by atoms with E-state index in [1.807, 2.05) is 18.2 Å². The first kappa shape index (κ1) is 9.50. The normalized spacial score (nSPS) is 36.6. The predicted octanol–water partition coefficient (Wildman–Crippen LogP) is -0.486. The number of ether oxygens (including phenoxy) is 1. The molecule has 2 N–H and O–H groups in total. The number of nitrogens with one attached hydrogen (secondary N) is 1. The fraction of sp³-hybridized carbons (Fsp3) is 0.273. The summed E-state index contributed by atoms with van der Waals surface area (Å²) in [5, 5.41) is 11.7. The Morgan fingerprint density at radius 3 is 2.50 bits per heavy atom. The summed E-state index contributed by atoms with van der Waals surface area (Å²) < 4.78 is 5.26. The second kappa shape index (κ2) is 2.90. The second-order valence-electron chi connectivity index (χ2n) is 3.92. The highest BCUT2D eigenvalue weighted by atomic mass is 16.6. The van der Waals surface area contributed by atoms with Gasteiger partial charge in [-0.3, -0.25) is 14.9 Å². The molecule has 2 amide bonds. The Hall–Kier alpha value is -1.72. The van der Waals surface area contributed by atoms with E-state index in [-0.39, 0.29) is 0 Å². The summed E-state index contributed by atoms with van der Waals surface area (Å²) >= 11 is 0. The Morgan fingerprint density at radius 1 is 1.25 bits per heavy atom. The van der Waals surface area contributed by atoms with E-state index in [1.54, 1.807) is 12.1 Å². The number of hydrogen-bond donors (Lipinski definition) is 2. The Kier molecular flexibility index (Phi) is 1.72. The van der Waals surface area contributed by atoms with Crippen molar-refractivity contribution in [2.24, 2.45) is 0 Å². The summed E-state index contributed by atoms with van der Waals surface area (Å²) in [5.74, 6) is -1.25. The molecule has 0 radical (unpaired) electrons. The topological polar surface area (TPSA) is 78.9 Å². The minimum absolute atomic E-state index is 0.532. The molecule has 2 heterocycles. The highest BCUT2D eigenvalue weighted by molar-refractivity contribution is 6.12. The lowest BCUT2D eigenvalue weighted by Crippen LogP contribution is -2.33. The molecule has 0 saturated carbocycles. The summed E-state index contributed by atoms with van der Waals surface area (Å²) in [6.45, 7) is 0. The molecule has 3 unspecified atom stereocenters. The minimum atomic E-state index is -1.41. The molecule has 3 atom stereocenters. The lowest BCUT2D eigenvalue weighted by molar-refractivity contribution is -0.127. The highest BCUT2D eigenvalue weighted by Gasteiger charge is 2.73. The van der Waals surface area contributed by atoms with Crippen LogP contribution in [0.5, 0.6) is 0 Å². The van der Waals surface area contributed by atoms with Gasteiger partial charge in [0.15, 0.2) is 6.10 Å². The monoisotopic (exact) mass is 219 g/mol. The summed E-state index contributed by atoms with van der Waals surface area (Å²) in [7, 11) is 0. The van der Waals surface area contributed by atoms with Gasteiger partial charge in [0, 0.05) is 0 Å². The number of imide groups is 1. The number of amides is 2. The van der Waals surface area contributed by atoms with Crippen LogP contribution < -0.4 is 5.32 Å². The van der Waals surface area contributed by atoms with Gasteiger partial charge in [-0.05, 0) is 5.56 Å². The molecule has 1 spiro atoms. The fourth-order valence-corrected chi connectivity index (χ4v) is 2.08. The third-order valence-electron chi connectivity index (χ3n) is 2.99. The average Bonchev–Trinajstić information content (AvgIpc) is 3.01. The number of rotatable bonds is 1. The van der Waals surface area contributed by atoms with E-state index in [0.29, 0.717) is 0 Å². The van der Waals surface area contributed by atoms with Crippen molar-refractivity contribution in [3.63, 3.8) is 0 Å². The number of benzene rings is 1. The lowest BCUT2D eigenvalue weighted by atomic mass is 9.96. The van der Waals surface area contributed by atoms with Gasteiger partial charge in [0.25, 0.3) is 11.8 Å². The first-order chi connectivity index (χ1) is 7.66. The van der Waals surface area contributed by atoms with Crippen molar-refractivity contribution in [3.8, 4) is 0 Å². The largest absolute Gasteiger partial charge is 0.380 e. The molecule has 5 nitrogen and oxygen atoms in total. The number of aliphatic hydroxyl groups is 1. The van der Waals surface area contributed by atoms with Crippen LogP contribution in [0.2, 0.25) is 0 Å². The van der Waals surface area contributed by atoms with Crippen LogP contribution >= 0.6 is 0 Å². The van der Waals surface area contributed by atoms with E-state index in [1.165, 1.54) is 0 Å². The van der Waals surface area contributed by atoms with Crippen molar-refractivity contribution in [2.75, 3.05) is 0 Å². The van der Waals surface area contributed by atoms with Gasteiger partial charge in [-0.2, -0.15) is 0 Å². The van der Waals surface area contributed by atoms with Crippen molar-refractivity contribution in [1.29, 1.82) is 0 Å². The standard InChI is InChI=1S/C11H9NO4/c13-7-9(14)12-10(15)11(7)8(16-11)6-4-2-1-3-5-6/h1-5,7-8,13H,(H,12,14,15). The summed E-state index contributed by atoms with van der Waals surface area (Å²) in [6, 6.07) is 9.05. The smallest absolute Gasteiger partial charge is 0.265 e. The van der Waals surface area contributed by atoms with Crippen LogP contribution in [0.1, 0.15) is 11.7 Å². The van der Waals surface area contributed by atoms with Gasteiger partial charge in [0.2, 0.25) is 5.60 Å². The van der Waals surface area contributed by atoms with E-state index < -0.39 is 29.6 Å². The molecule has 2 aliphatic rings. The van der Waals surface area contributed by atoms with Crippen molar-refractivity contribution in [1.82, 2.24) is 5.32 Å². The van der Waals surface area contributed by atoms with Crippen LogP contribution in [0, 0.1) is 0 Å². The maximum Gasteiger partial charge on any atom is 0.265 e. The summed E-state index contributed by atoms with van der Waals surface area (Å²) in [6.07, 6.45) is -1.94. The molecule has 0 aliphatic carbocycles. The number of epoxide rings is 1. The highest BCUT2D eigenvalue weighted by Crippen LogP contribution is 2.53. The Labute approximate surface area is 91.0 Å². The van der Waals surface area contributed by atoms with E-state index >= 15 is 0 Å². The van der Waals surface area contributed by atoms with Crippen LogP contribution in [0.4, 0.5) is 0 Å². The molecule has 1 aromatic carbocycles. The van der Waals surface area contributed by atoms with Crippen molar-refractivity contribution < 1.29 is 19.4 Å². The van der Waals surface area contributed by atoms with Crippen LogP contribution in [-0.4, -0.2) is 28.6 Å². The maximum absolute atomic E-state index is 11.5. The van der Waals surface area contributed by atoms with E-state index in [0.717, 1.165) is 5.56 Å². The van der Waals surface area contributed by atoms with Crippen LogP contribution in [-0.2, 0) is 14.3 Å². The third-order valence-corrected chi connectivity index (χ3v) is 2.99. The van der Waals surface area contributed by atoms with Gasteiger partial charge in [-0.25, -0.2) is 0 Å². The molecule has 2 fully saturated rings. The Balaban J connectivity index is 1.95. The molecule has 2 saturated heterocycles. The molecule has 0 aromatic heterocycles. The van der Waals surface area contributed by atoms with E-state index in [2.05, 4.69) is 5.32 Å². The number of hydrogen-bond acceptors (Lipinski definition) is 4. The molecule has 1 aromatic rings. The Morgan fingerprint density at radius 2 is 1.94 bits per heavy atom. The van der Waals surface area contributed by atoms with E-state index in [9.17, 15) is 14.7 Å². The molecule has 16 heavy (non-hydrogen) atoms. The Bertz CT molecular complexity index is 472. The predicted molar refractivity (Wildman–Crippen MR) is 52.2 cm³/mol. The zero-order valence-electron chi connectivity index (χ0n) is 8.21. The van der Waals surface area contributed by atoms with Crippen LogP contribution in [0.3, 0.4) is 0 Å². The molecular weight excluding hydrogens is 210 g/mol. The average molecular weight is 219 g/mol. The molecular formula is C11H9NO4. The van der Waals surface area contributed by atoms with Gasteiger partial charge >= 0.3 is 0 Å². The summed E-state index contributed by atoms with van der Waals surface area (Å²) in [5.41, 5.74) is -0.607. The molecule has 82 valence electrons. The van der Waals surface area contributed by atoms with Gasteiger partial charge in [0.05, 0.1) is 0 Å². The fourth-order valence-electron chi connectivity index (χ4n) is 2.08. The number of carbonyl (C=O) groups is 2. The first-order valence-corrected chi connectivity index (χ1v) is 4.92. The quantitative estimate of drug-likeness (QED) is 0.493. The minimum Gasteiger partial charge on any atom is -0.380 e. The molecule has 5 heteroatoms. The van der Waals surface area contributed by atoms with E-state index in [4.69, 9.17) is 4.74 Å². The zero-order valence-corrected chi connectivity index (χ0v) is 8.21. The zero-order chi connectivity index (χ0) is 11.3. The van der Waals surface area contributed by atoms with Gasteiger partial charge in [-0.15, -0.1) is 0 Å². The van der Waals surface area contributed by atoms with Crippen molar-refractivity contribution in [2.45, 2.75) is 17.8 Å². The first-order valence-electron chi connectivity index (χ1n) is 4.92. The number of carbonyl (C=O) groups excluding carboxylic acids is 2. The SMILES string of the molecule is O=C1NC(=O)C2(OC2c2ccccc2)C1O. The second-order valence-corrected chi connectivity index (χ2v) is 3.92. The maximum atomic E-state index is 11.5. The van der Waals surface area contributed by atoms with Crippen molar-refractivity contribution in [3.05, 3.63) is 35.9 Å². The molecule has 3 rings (SSSR count). The van der Waals surface area contributed by atoms with Gasteiger partial charge in [-0.1, -0.05) is 30.3 Å². The van der Waals surface area contributed by atoms with Crippen molar-refractivity contribution >= 4 is 11.8 Å². The summed E-state index contributed by atoms with van der Waals surface area (Å²) in [4.78, 5) is 22.7.